The largest absolute Gasteiger partial charge is 0.466 e. The quantitative estimate of drug-likeness (QED) is 0.405. The lowest BCUT2D eigenvalue weighted by Gasteiger charge is -2.33. The highest BCUT2D eigenvalue weighted by Crippen LogP contribution is 2.41. The van der Waals surface area contributed by atoms with Crippen molar-refractivity contribution < 1.29 is 9.53 Å². The van der Waals surface area contributed by atoms with Crippen LogP contribution in [-0.4, -0.2) is 13.1 Å². The van der Waals surface area contributed by atoms with Crippen LogP contribution in [0.4, 0.5) is 0 Å². The Morgan fingerprint density at radius 1 is 1.29 bits per heavy atom. The lowest BCUT2D eigenvalue weighted by Crippen LogP contribution is -2.19. The number of rotatable bonds is 3. The normalized spacial score (nSPS) is 20.0. The van der Waals surface area contributed by atoms with Gasteiger partial charge in [0.05, 0.1) is 7.11 Å². The highest BCUT2D eigenvalue weighted by Gasteiger charge is 2.27. The molecule has 0 heterocycles. The molecule has 0 fully saturated rings. The minimum Gasteiger partial charge on any atom is -0.466 e. The maximum atomic E-state index is 11.6. The van der Waals surface area contributed by atoms with E-state index < -0.39 is 0 Å². The Labute approximate surface area is 130 Å². The number of ether oxygens (including phenoxy) is 1. The summed E-state index contributed by atoms with van der Waals surface area (Å²) in [5, 5.41) is 0. The van der Waals surface area contributed by atoms with Gasteiger partial charge in [0.25, 0.3) is 0 Å². The van der Waals surface area contributed by atoms with E-state index in [1.165, 1.54) is 37.5 Å². The van der Waals surface area contributed by atoms with Crippen molar-refractivity contribution in [3.63, 3.8) is 0 Å². The van der Waals surface area contributed by atoms with Gasteiger partial charge in [-0.05, 0) is 48.2 Å². The van der Waals surface area contributed by atoms with Crippen molar-refractivity contribution >= 4 is 5.97 Å². The number of esters is 1. The van der Waals surface area contributed by atoms with Crippen molar-refractivity contribution in [1.82, 2.24) is 0 Å². The molecule has 1 rings (SSSR count). The molecule has 0 amide bonds. The molecule has 0 saturated carbocycles. The van der Waals surface area contributed by atoms with Crippen molar-refractivity contribution in [2.75, 3.05) is 7.11 Å². The number of carbonyl (C=O) groups is 1. The summed E-state index contributed by atoms with van der Waals surface area (Å²) < 4.78 is 4.77. The third-order valence-corrected chi connectivity index (χ3v) is 4.31. The topological polar surface area (TPSA) is 26.3 Å². The van der Waals surface area contributed by atoms with Crippen molar-refractivity contribution in [1.29, 1.82) is 0 Å². The molecular weight excluding hydrogens is 260 g/mol. The SMILES string of the molecule is COC(=O)/C=C(\C=C\C1=C(C)CCCC1(C)C)C(C)(C)C. The van der Waals surface area contributed by atoms with Gasteiger partial charge in [0.1, 0.15) is 0 Å². The van der Waals surface area contributed by atoms with Crippen molar-refractivity contribution in [3.05, 3.63) is 34.9 Å². The summed E-state index contributed by atoms with van der Waals surface area (Å²) in [6.07, 6.45) is 9.55. The number of methoxy groups -OCH3 is 1. The second-order valence-corrected chi connectivity index (χ2v) is 7.64. The fraction of sp³-hybridized carbons (Fsp3) is 0.632. The molecule has 0 saturated heterocycles. The van der Waals surface area contributed by atoms with Gasteiger partial charge in [0, 0.05) is 6.08 Å². The molecule has 1 aliphatic rings. The van der Waals surface area contributed by atoms with Crippen LogP contribution in [0.1, 0.15) is 60.8 Å². The predicted octanol–water partition coefficient (Wildman–Crippen LogP) is 5.21. The zero-order valence-corrected chi connectivity index (χ0v) is 14.7. The Hall–Kier alpha value is -1.31. The van der Waals surface area contributed by atoms with E-state index in [1.807, 2.05) is 0 Å². The molecule has 0 radical (unpaired) electrons. The van der Waals surface area contributed by atoms with Gasteiger partial charge >= 0.3 is 5.97 Å². The van der Waals surface area contributed by atoms with Gasteiger partial charge in [-0.1, -0.05) is 52.3 Å². The van der Waals surface area contributed by atoms with Gasteiger partial charge in [-0.25, -0.2) is 4.79 Å². The van der Waals surface area contributed by atoms with E-state index in [-0.39, 0.29) is 16.8 Å². The van der Waals surface area contributed by atoms with Crippen LogP contribution in [0.5, 0.6) is 0 Å². The van der Waals surface area contributed by atoms with Gasteiger partial charge in [-0.2, -0.15) is 0 Å². The Bertz CT molecular complexity index is 482. The summed E-state index contributed by atoms with van der Waals surface area (Å²) in [5.41, 5.74) is 4.00. The van der Waals surface area contributed by atoms with Crippen LogP contribution in [0.3, 0.4) is 0 Å². The van der Waals surface area contributed by atoms with Gasteiger partial charge in [0.2, 0.25) is 0 Å². The molecule has 21 heavy (non-hydrogen) atoms. The van der Waals surface area contributed by atoms with Crippen LogP contribution in [0.25, 0.3) is 0 Å². The maximum Gasteiger partial charge on any atom is 0.330 e. The Kier molecular flexibility index (Phi) is 5.61. The van der Waals surface area contributed by atoms with Crippen LogP contribution in [0.15, 0.2) is 34.9 Å². The maximum absolute atomic E-state index is 11.6. The standard InChI is InChI=1S/C19H30O2/c1-14-9-8-12-19(5,6)16(14)11-10-15(18(2,3)4)13-17(20)21-7/h10-11,13H,8-9,12H2,1-7H3/b11-10+,15-13+. The van der Waals surface area contributed by atoms with Crippen LogP contribution >= 0.6 is 0 Å². The first kappa shape index (κ1) is 17.7. The molecule has 2 heteroatoms. The summed E-state index contributed by atoms with van der Waals surface area (Å²) in [7, 11) is 1.42. The molecule has 0 aromatic heterocycles. The third-order valence-electron chi connectivity index (χ3n) is 4.31. The summed E-state index contributed by atoms with van der Waals surface area (Å²) >= 11 is 0. The highest BCUT2D eigenvalue weighted by atomic mass is 16.5. The van der Waals surface area contributed by atoms with Gasteiger partial charge in [0.15, 0.2) is 0 Å². The molecule has 2 nitrogen and oxygen atoms in total. The fourth-order valence-electron chi connectivity index (χ4n) is 2.88. The number of hydrogen-bond donors (Lipinski definition) is 0. The monoisotopic (exact) mass is 290 g/mol. The van der Waals surface area contributed by atoms with Crippen molar-refractivity contribution in [2.45, 2.75) is 60.8 Å². The summed E-state index contributed by atoms with van der Waals surface area (Å²) in [6, 6.07) is 0. The van der Waals surface area contributed by atoms with E-state index in [4.69, 9.17) is 4.74 Å². The molecule has 0 aromatic rings. The smallest absolute Gasteiger partial charge is 0.330 e. The molecule has 0 aliphatic heterocycles. The zero-order chi connectivity index (χ0) is 16.3. The Balaban J connectivity index is 3.14. The summed E-state index contributed by atoms with van der Waals surface area (Å²) in [5.74, 6) is -0.293. The second-order valence-electron chi connectivity index (χ2n) is 7.64. The van der Waals surface area contributed by atoms with E-state index in [0.29, 0.717) is 0 Å². The van der Waals surface area contributed by atoms with Gasteiger partial charge < -0.3 is 4.74 Å². The average Bonchev–Trinajstić information content (AvgIpc) is 2.34. The summed E-state index contributed by atoms with van der Waals surface area (Å²) in [6.45, 7) is 13.2. The number of carbonyl (C=O) groups excluding carboxylic acids is 1. The van der Waals surface area contributed by atoms with E-state index in [0.717, 1.165) is 5.57 Å². The average molecular weight is 290 g/mol. The molecule has 118 valence electrons. The van der Waals surface area contributed by atoms with E-state index >= 15 is 0 Å². The first-order valence-electron chi connectivity index (χ1n) is 7.76. The summed E-state index contributed by atoms with van der Waals surface area (Å²) in [4.78, 5) is 11.6. The predicted molar refractivity (Wildman–Crippen MR) is 89.0 cm³/mol. The van der Waals surface area contributed by atoms with Crippen molar-refractivity contribution in [2.24, 2.45) is 10.8 Å². The van der Waals surface area contributed by atoms with Crippen LogP contribution in [0, 0.1) is 10.8 Å². The number of allylic oxidation sites excluding steroid dienone is 5. The van der Waals surface area contributed by atoms with Gasteiger partial charge in [-0.15, -0.1) is 0 Å². The lowest BCUT2D eigenvalue weighted by atomic mass is 9.72. The van der Waals surface area contributed by atoms with E-state index in [9.17, 15) is 4.79 Å². The minimum atomic E-state index is -0.293. The molecule has 0 bridgehead atoms. The highest BCUT2D eigenvalue weighted by molar-refractivity contribution is 5.83. The van der Waals surface area contributed by atoms with E-state index in [2.05, 4.69) is 53.7 Å². The number of hydrogen-bond acceptors (Lipinski definition) is 2. The Morgan fingerprint density at radius 3 is 2.38 bits per heavy atom. The molecule has 0 aromatic carbocycles. The first-order chi connectivity index (χ1) is 9.58. The van der Waals surface area contributed by atoms with Gasteiger partial charge in [-0.3, -0.25) is 0 Å². The van der Waals surface area contributed by atoms with E-state index in [1.54, 1.807) is 6.08 Å². The zero-order valence-electron chi connectivity index (χ0n) is 14.7. The lowest BCUT2D eigenvalue weighted by molar-refractivity contribution is -0.134. The first-order valence-corrected chi connectivity index (χ1v) is 7.76. The third kappa shape index (κ3) is 4.87. The second kappa shape index (κ2) is 6.64. The fourth-order valence-corrected chi connectivity index (χ4v) is 2.88. The molecular formula is C19H30O2. The molecule has 0 N–H and O–H groups in total. The van der Waals surface area contributed by atoms with Crippen LogP contribution in [0.2, 0.25) is 0 Å². The van der Waals surface area contributed by atoms with Crippen LogP contribution < -0.4 is 0 Å². The molecule has 0 atom stereocenters. The van der Waals surface area contributed by atoms with Crippen molar-refractivity contribution in [3.8, 4) is 0 Å². The molecule has 0 spiro atoms. The molecule has 1 aliphatic carbocycles. The Morgan fingerprint density at radius 2 is 1.90 bits per heavy atom. The minimum absolute atomic E-state index is 0.0854. The van der Waals surface area contributed by atoms with Crippen LogP contribution in [-0.2, 0) is 9.53 Å². The molecule has 0 unspecified atom stereocenters.